The van der Waals surface area contributed by atoms with Gasteiger partial charge in [0.05, 0.1) is 10.8 Å². The Balaban J connectivity index is 1.59. The molecule has 0 aromatic heterocycles. The smallest absolute Gasteiger partial charge is 0.311 e. The van der Waals surface area contributed by atoms with Crippen molar-refractivity contribution in [2.24, 2.45) is 5.92 Å². The molecule has 0 bridgehead atoms. The number of ether oxygens (including phenoxy) is 1. The minimum atomic E-state index is -0.672. The molecule has 3 rings (SSSR count). The number of nitrogens with zero attached hydrogens (tertiary/aromatic N) is 2. The lowest BCUT2D eigenvalue weighted by molar-refractivity contribution is -0.384. The first-order valence-electron chi connectivity index (χ1n) is 8.35. The number of hydrogen-bond acceptors (Lipinski definition) is 6. The first-order chi connectivity index (χ1) is 13.3. The Morgan fingerprint density at radius 3 is 2.61 bits per heavy atom. The zero-order valence-electron chi connectivity index (χ0n) is 14.5. The Bertz CT molecular complexity index is 944. The second-order valence-corrected chi connectivity index (χ2v) is 7.14. The maximum absolute atomic E-state index is 12.3. The lowest BCUT2D eigenvalue weighted by Gasteiger charge is -2.16. The Labute approximate surface area is 168 Å². The molecule has 0 aliphatic carbocycles. The maximum Gasteiger partial charge on any atom is 0.311 e. The van der Waals surface area contributed by atoms with Gasteiger partial charge in [0.25, 0.3) is 5.69 Å². The highest BCUT2D eigenvalue weighted by Gasteiger charge is 2.36. The van der Waals surface area contributed by atoms with Crippen LogP contribution in [0.4, 0.5) is 11.4 Å². The fraction of sp³-hybridized carbons (Fsp3) is 0.211. The molecule has 1 amide bonds. The number of hydrogen-bond donors (Lipinski definition) is 0. The van der Waals surface area contributed by atoms with Crippen molar-refractivity contribution in [2.45, 2.75) is 6.42 Å². The molecule has 9 heteroatoms. The van der Waals surface area contributed by atoms with Crippen molar-refractivity contribution in [2.75, 3.05) is 18.1 Å². The summed E-state index contributed by atoms with van der Waals surface area (Å²) in [7, 11) is 0. The van der Waals surface area contributed by atoms with E-state index in [1.807, 2.05) is 0 Å². The monoisotopic (exact) mass is 446 g/mol. The van der Waals surface area contributed by atoms with Gasteiger partial charge in [0, 0.05) is 40.8 Å². The number of nitro benzene ring substituents is 1. The summed E-state index contributed by atoms with van der Waals surface area (Å²) in [6.07, 6.45) is -0.000103. The average molecular weight is 447 g/mol. The minimum absolute atomic E-state index is 0.000103. The molecule has 1 aliphatic rings. The third kappa shape index (κ3) is 4.42. The van der Waals surface area contributed by atoms with Crippen LogP contribution in [-0.2, 0) is 14.3 Å². The summed E-state index contributed by atoms with van der Waals surface area (Å²) in [6.45, 7) is -0.368. The highest BCUT2D eigenvalue weighted by Crippen LogP contribution is 2.27. The fourth-order valence-corrected chi connectivity index (χ4v) is 3.13. The number of anilines is 1. The number of carbonyl (C=O) groups is 3. The number of Topliss-reactive ketones (excluding diaryl/α,β-unsaturated/α-hetero) is 1. The normalized spacial score (nSPS) is 16.1. The first kappa shape index (κ1) is 19.7. The van der Waals surface area contributed by atoms with Crippen molar-refractivity contribution in [1.29, 1.82) is 0 Å². The van der Waals surface area contributed by atoms with Crippen LogP contribution >= 0.6 is 15.9 Å². The van der Waals surface area contributed by atoms with Crippen molar-refractivity contribution in [1.82, 2.24) is 0 Å². The molecule has 28 heavy (non-hydrogen) atoms. The number of non-ortho nitro benzene ring substituents is 1. The molecule has 8 nitrogen and oxygen atoms in total. The van der Waals surface area contributed by atoms with Crippen LogP contribution in [-0.4, -0.2) is 35.7 Å². The standard InChI is InChI=1S/C19H15BrN2O6/c20-14-4-6-15(7-5-14)21-10-13(9-18(21)24)19(25)28-11-17(23)12-2-1-3-16(8-12)22(26)27/h1-8,13H,9-11H2/t13-/m1/s1. The van der Waals surface area contributed by atoms with Gasteiger partial charge in [0.1, 0.15) is 0 Å². The van der Waals surface area contributed by atoms with E-state index in [1.54, 1.807) is 24.3 Å². The molecule has 1 aliphatic heterocycles. The number of ketones is 1. The average Bonchev–Trinajstić information content (AvgIpc) is 3.08. The van der Waals surface area contributed by atoms with E-state index in [1.165, 1.54) is 23.1 Å². The molecule has 1 heterocycles. The molecule has 1 saturated heterocycles. The molecular formula is C19H15BrN2O6. The highest BCUT2D eigenvalue weighted by molar-refractivity contribution is 9.10. The second kappa shape index (κ2) is 8.30. The number of amides is 1. The van der Waals surface area contributed by atoms with Gasteiger partial charge in [-0.15, -0.1) is 0 Å². The molecule has 2 aromatic carbocycles. The van der Waals surface area contributed by atoms with Gasteiger partial charge in [-0.05, 0) is 24.3 Å². The number of benzene rings is 2. The van der Waals surface area contributed by atoms with Gasteiger partial charge in [0.2, 0.25) is 11.7 Å². The van der Waals surface area contributed by atoms with E-state index < -0.39 is 29.2 Å². The molecule has 144 valence electrons. The van der Waals surface area contributed by atoms with E-state index in [-0.39, 0.29) is 30.1 Å². The summed E-state index contributed by atoms with van der Waals surface area (Å²) in [4.78, 5) is 48.3. The molecule has 0 unspecified atom stereocenters. The van der Waals surface area contributed by atoms with Crippen LogP contribution in [0.15, 0.2) is 53.0 Å². The van der Waals surface area contributed by atoms with Crippen molar-refractivity contribution in [3.05, 3.63) is 68.7 Å². The minimum Gasteiger partial charge on any atom is -0.457 e. The third-order valence-corrected chi connectivity index (χ3v) is 4.85. The number of rotatable bonds is 6. The zero-order chi connectivity index (χ0) is 20.3. The molecular weight excluding hydrogens is 432 g/mol. The van der Waals surface area contributed by atoms with Crippen LogP contribution in [0.5, 0.6) is 0 Å². The van der Waals surface area contributed by atoms with Gasteiger partial charge in [-0.2, -0.15) is 0 Å². The SMILES string of the molecule is O=C(COC(=O)[C@@H]1CC(=O)N(c2ccc(Br)cc2)C1)c1cccc([N+](=O)[O-])c1. The lowest BCUT2D eigenvalue weighted by atomic mass is 10.1. The largest absolute Gasteiger partial charge is 0.457 e. The Morgan fingerprint density at radius 2 is 1.93 bits per heavy atom. The van der Waals surface area contributed by atoms with Crippen molar-refractivity contribution in [3.8, 4) is 0 Å². The summed E-state index contributed by atoms with van der Waals surface area (Å²) in [5.74, 6) is -2.07. The van der Waals surface area contributed by atoms with Crippen LogP contribution in [0, 0.1) is 16.0 Å². The Morgan fingerprint density at radius 1 is 1.21 bits per heavy atom. The van der Waals surface area contributed by atoms with E-state index in [9.17, 15) is 24.5 Å². The molecule has 0 radical (unpaired) electrons. The number of nitro groups is 1. The number of esters is 1. The molecule has 2 aromatic rings. The summed E-state index contributed by atoms with van der Waals surface area (Å²) in [6, 6.07) is 12.3. The van der Waals surface area contributed by atoms with Crippen molar-refractivity contribution < 1.29 is 24.0 Å². The van der Waals surface area contributed by atoms with Crippen molar-refractivity contribution >= 4 is 45.0 Å². The van der Waals surface area contributed by atoms with E-state index >= 15 is 0 Å². The molecule has 1 atom stereocenters. The summed E-state index contributed by atoms with van der Waals surface area (Å²) < 4.78 is 5.92. The Hall–Kier alpha value is -3.07. The van der Waals surface area contributed by atoms with E-state index in [4.69, 9.17) is 4.74 Å². The highest BCUT2D eigenvalue weighted by atomic mass is 79.9. The molecule has 0 N–H and O–H groups in total. The van der Waals surface area contributed by atoms with E-state index in [0.29, 0.717) is 5.69 Å². The van der Waals surface area contributed by atoms with Crippen LogP contribution in [0.25, 0.3) is 0 Å². The molecule has 0 spiro atoms. The van der Waals surface area contributed by atoms with Gasteiger partial charge in [-0.25, -0.2) is 0 Å². The van der Waals surface area contributed by atoms with Crippen LogP contribution in [0.3, 0.4) is 0 Å². The topological polar surface area (TPSA) is 107 Å². The van der Waals surface area contributed by atoms with E-state index in [0.717, 1.165) is 10.5 Å². The van der Waals surface area contributed by atoms with Gasteiger partial charge < -0.3 is 9.64 Å². The predicted molar refractivity (Wildman–Crippen MR) is 103 cm³/mol. The van der Waals surface area contributed by atoms with Gasteiger partial charge >= 0.3 is 5.97 Å². The zero-order valence-corrected chi connectivity index (χ0v) is 16.1. The van der Waals surface area contributed by atoms with Crippen LogP contribution in [0.2, 0.25) is 0 Å². The van der Waals surface area contributed by atoms with E-state index in [2.05, 4.69) is 15.9 Å². The lowest BCUT2D eigenvalue weighted by Crippen LogP contribution is -2.27. The quantitative estimate of drug-likeness (QED) is 0.292. The van der Waals surface area contributed by atoms with Gasteiger partial charge in [0.15, 0.2) is 6.61 Å². The summed E-state index contributed by atoms with van der Waals surface area (Å²) >= 11 is 3.32. The van der Waals surface area contributed by atoms with Crippen LogP contribution in [0.1, 0.15) is 16.8 Å². The first-order valence-corrected chi connectivity index (χ1v) is 9.14. The number of halogens is 1. The Kier molecular flexibility index (Phi) is 5.84. The van der Waals surface area contributed by atoms with Gasteiger partial charge in [-0.1, -0.05) is 28.1 Å². The fourth-order valence-electron chi connectivity index (χ4n) is 2.87. The van der Waals surface area contributed by atoms with Gasteiger partial charge in [-0.3, -0.25) is 24.5 Å². The molecule has 0 saturated carbocycles. The van der Waals surface area contributed by atoms with Crippen molar-refractivity contribution in [3.63, 3.8) is 0 Å². The van der Waals surface area contributed by atoms with Crippen LogP contribution < -0.4 is 4.90 Å². The second-order valence-electron chi connectivity index (χ2n) is 6.22. The summed E-state index contributed by atoms with van der Waals surface area (Å²) in [5, 5.41) is 10.8. The predicted octanol–water partition coefficient (Wildman–Crippen LogP) is 3.14. The third-order valence-electron chi connectivity index (χ3n) is 4.32. The summed E-state index contributed by atoms with van der Waals surface area (Å²) in [5.41, 5.74) is 0.542. The maximum atomic E-state index is 12.3. The number of carbonyl (C=O) groups excluding carboxylic acids is 3. The molecule has 1 fully saturated rings.